The van der Waals surface area contributed by atoms with Gasteiger partial charge in [0.1, 0.15) is 5.58 Å². The van der Waals surface area contributed by atoms with Crippen LogP contribution in [0.4, 0.5) is 0 Å². The van der Waals surface area contributed by atoms with E-state index in [1.54, 1.807) is 13.0 Å². The molecule has 2 aromatic heterocycles. The van der Waals surface area contributed by atoms with Crippen molar-refractivity contribution in [2.75, 3.05) is 6.61 Å². The molecule has 0 aliphatic heterocycles. The van der Waals surface area contributed by atoms with Crippen LogP contribution < -0.4 is 0 Å². The van der Waals surface area contributed by atoms with Gasteiger partial charge in [0.15, 0.2) is 6.61 Å². The Hall–Kier alpha value is -3.34. The monoisotopic (exact) mass is 347 g/mol. The molecule has 5 heteroatoms. The highest BCUT2D eigenvalue weighted by Crippen LogP contribution is 2.26. The first kappa shape index (κ1) is 16.1. The molecule has 0 fully saturated rings. The molecule has 130 valence electrons. The molecule has 0 aliphatic rings. The van der Waals surface area contributed by atoms with E-state index < -0.39 is 5.97 Å². The lowest BCUT2D eigenvalue weighted by Gasteiger charge is -2.04. The molecule has 0 spiro atoms. The summed E-state index contributed by atoms with van der Waals surface area (Å²) in [6.45, 7) is 3.30. The predicted molar refractivity (Wildman–Crippen MR) is 98.6 cm³/mol. The number of aromatic nitrogens is 1. The Labute approximate surface area is 149 Å². The first-order valence-corrected chi connectivity index (χ1v) is 8.32. The van der Waals surface area contributed by atoms with Gasteiger partial charge in [-0.05, 0) is 26.0 Å². The van der Waals surface area contributed by atoms with Crippen LogP contribution in [-0.4, -0.2) is 23.3 Å². The number of aromatic amines is 1. The summed E-state index contributed by atoms with van der Waals surface area (Å²) in [7, 11) is 0. The molecule has 4 aromatic rings. The third-order valence-electron chi connectivity index (χ3n) is 4.54. The maximum absolute atomic E-state index is 12.6. The maximum Gasteiger partial charge on any atom is 0.375 e. The number of Topliss-reactive ketones (excluding diaryl/α,β-unsaturated/α-hetero) is 1. The van der Waals surface area contributed by atoms with E-state index in [1.165, 1.54) is 0 Å². The molecular weight excluding hydrogens is 330 g/mol. The lowest BCUT2D eigenvalue weighted by molar-refractivity contribution is 0.0445. The van der Waals surface area contributed by atoms with Crippen LogP contribution in [0.3, 0.4) is 0 Å². The van der Waals surface area contributed by atoms with Crippen molar-refractivity contribution in [2.45, 2.75) is 13.8 Å². The van der Waals surface area contributed by atoms with Crippen molar-refractivity contribution in [3.05, 3.63) is 71.1 Å². The normalized spacial score (nSPS) is 11.2. The molecular formula is C21H17NO4. The predicted octanol–water partition coefficient (Wildman–Crippen LogP) is 4.57. The Morgan fingerprint density at radius 2 is 1.69 bits per heavy atom. The summed E-state index contributed by atoms with van der Waals surface area (Å²) in [6.07, 6.45) is 0. The van der Waals surface area contributed by atoms with E-state index >= 15 is 0 Å². The Morgan fingerprint density at radius 1 is 1.00 bits per heavy atom. The zero-order valence-corrected chi connectivity index (χ0v) is 14.5. The van der Waals surface area contributed by atoms with Gasteiger partial charge in [0.05, 0.1) is 0 Å². The Morgan fingerprint density at radius 3 is 2.46 bits per heavy atom. The lowest BCUT2D eigenvalue weighted by Crippen LogP contribution is -2.15. The number of para-hydroxylation sites is 2. The van der Waals surface area contributed by atoms with Crippen molar-refractivity contribution in [1.29, 1.82) is 0 Å². The number of hydrogen-bond acceptors (Lipinski definition) is 4. The van der Waals surface area contributed by atoms with Crippen LogP contribution in [0.1, 0.15) is 32.2 Å². The standard InChI is InChI=1S/C21H17NO4/c1-12-14-7-4-6-10-18(14)26-20(12)21(24)25-11-17(23)19-13(2)22-16-9-5-3-8-15(16)19/h3-10,22H,11H2,1-2H3. The van der Waals surface area contributed by atoms with Crippen LogP contribution in [0.5, 0.6) is 0 Å². The molecule has 5 nitrogen and oxygen atoms in total. The molecule has 2 aromatic carbocycles. The number of rotatable bonds is 4. The summed E-state index contributed by atoms with van der Waals surface area (Å²) >= 11 is 0. The van der Waals surface area contributed by atoms with E-state index in [0.717, 1.165) is 22.0 Å². The van der Waals surface area contributed by atoms with Gasteiger partial charge >= 0.3 is 5.97 Å². The van der Waals surface area contributed by atoms with Crippen molar-refractivity contribution >= 4 is 33.6 Å². The molecule has 2 heterocycles. The van der Waals surface area contributed by atoms with Crippen LogP contribution in [0.25, 0.3) is 21.9 Å². The minimum Gasteiger partial charge on any atom is -0.451 e. The molecule has 0 saturated carbocycles. The summed E-state index contributed by atoms with van der Waals surface area (Å²) in [5, 5.41) is 1.68. The van der Waals surface area contributed by atoms with Gasteiger partial charge < -0.3 is 14.1 Å². The average Bonchev–Trinajstić information content (AvgIpc) is 3.16. The van der Waals surface area contributed by atoms with E-state index in [4.69, 9.17) is 9.15 Å². The number of benzene rings is 2. The summed E-state index contributed by atoms with van der Waals surface area (Å²) < 4.78 is 10.8. The number of ether oxygens (including phenoxy) is 1. The van der Waals surface area contributed by atoms with Gasteiger partial charge in [-0.3, -0.25) is 4.79 Å². The number of fused-ring (bicyclic) bond motifs is 2. The van der Waals surface area contributed by atoms with E-state index in [-0.39, 0.29) is 18.2 Å². The highest BCUT2D eigenvalue weighted by molar-refractivity contribution is 6.10. The van der Waals surface area contributed by atoms with Gasteiger partial charge in [-0.2, -0.15) is 0 Å². The fourth-order valence-corrected chi connectivity index (χ4v) is 3.27. The first-order chi connectivity index (χ1) is 12.6. The fraction of sp³-hybridized carbons (Fsp3) is 0.143. The molecule has 0 unspecified atom stereocenters. The van der Waals surface area contributed by atoms with Gasteiger partial charge in [0, 0.05) is 33.1 Å². The second-order valence-corrected chi connectivity index (χ2v) is 6.22. The Kier molecular flexibility index (Phi) is 3.84. The molecule has 0 amide bonds. The summed E-state index contributed by atoms with van der Waals surface area (Å²) in [6, 6.07) is 14.9. The Bertz CT molecular complexity index is 1150. The average molecular weight is 347 g/mol. The van der Waals surface area contributed by atoms with Crippen molar-refractivity contribution in [1.82, 2.24) is 4.98 Å². The summed E-state index contributed by atoms with van der Waals surface area (Å²) in [4.78, 5) is 28.2. The molecule has 1 N–H and O–H groups in total. The topological polar surface area (TPSA) is 72.3 Å². The largest absolute Gasteiger partial charge is 0.451 e. The summed E-state index contributed by atoms with van der Waals surface area (Å²) in [5.74, 6) is -0.749. The lowest BCUT2D eigenvalue weighted by atomic mass is 10.1. The highest BCUT2D eigenvalue weighted by atomic mass is 16.5. The highest BCUT2D eigenvalue weighted by Gasteiger charge is 2.22. The van der Waals surface area contributed by atoms with Gasteiger partial charge in [0.25, 0.3) is 0 Å². The van der Waals surface area contributed by atoms with Crippen molar-refractivity contribution in [3.8, 4) is 0 Å². The van der Waals surface area contributed by atoms with Crippen molar-refractivity contribution in [3.63, 3.8) is 0 Å². The van der Waals surface area contributed by atoms with Crippen LogP contribution >= 0.6 is 0 Å². The molecule has 26 heavy (non-hydrogen) atoms. The minimum absolute atomic E-state index is 0.134. The van der Waals surface area contributed by atoms with Crippen LogP contribution in [0, 0.1) is 13.8 Å². The van der Waals surface area contributed by atoms with Crippen molar-refractivity contribution < 1.29 is 18.7 Å². The molecule has 0 atom stereocenters. The van der Waals surface area contributed by atoms with Gasteiger partial charge in [-0.1, -0.05) is 36.4 Å². The van der Waals surface area contributed by atoms with E-state index in [2.05, 4.69) is 4.98 Å². The number of ketones is 1. The van der Waals surface area contributed by atoms with E-state index in [9.17, 15) is 9.59 Å². The number of hydrogen-bond donors (Lipinski definition) is 1. The second-order valence-electron chi connectivity index (χ2n) is 6.22. The van der Waals surface area contributed by atoms with Crippen LogP contribution in [0.15, 0.2) is 52.9 Å². The molecule has 0 radical (unpaired) electrons. The SMILES string of the molecule is Cc1[nH]c2ccccc2c1C(=O)COC(=O)c1oc2ccccc2c1C. The number of H-pyrrole nitrogens is 1. The van der Waals surface area contributed by atoms with Crippen LogP contribution in [-0.2, 0) is 4.74 Å². The Balaban J connectivity index is 1.56. The van der Waals surface area contributed by atoms with Crippen molar-refractivity contribution in [2.24, 2.45) is 0 Å². The minimum atomic E-state index is -0.635. The molecule has 4 rings (SSSR count). The van der Waals surface area contributed by atoms with Gasteiger partial charge in [-0.15, -0.1) is 0 Å². The maximum atomic E-state index is 12.6. The quantitative estimate of drug-likeness (QED) is 0.433. The van der Waals surface area contributed by atoms with Crippen LogP contribution in [0.2, 0.25) is 0 Å². The third-order valence-corrected chi connectivity index (χ3v) is 4.54. The zero-order chi connectivity index (χ0) is 18.3. The number of nitrogens with one attached hydrogen (secondary N) is 1. The smallest absolute Gasteiger partial charge is 0.375 e. The number of aryl methyl sites for hydroxylation is 2. The van der Waals surface area contributed by atoms with E-state index in [1.807, 2.05) is 49.4 Å². The molecule has 0 saturated heterocycles. The molecule has 0 bridgehead atoms. The fourth-order valence-electron chi connectivity index (χ4n) is 3.27. The second kappa shape index (κ2) is 6.19. The van der Waals surface area contributed by atoms with Gasteiger partial charge in [0.2, 0.25) is 11.5 Å². The number of carbonyl (C=O) groups excluding carboxylic acids is 2. The third kappa shape index (κ3) is 2.58. The number of furan rings is 1. The zero-order valence-electron chi connectivity index (χ0n) is 14.5. The number of esters is 1. The molecule has 0 aliphatic carbocycles. The van der Waals surface area contributed by atoms with Gasteiger partial charge in [-0.25, -0.2) is 4.79 Å². The summed E-state index contributed by atoms with van der Waals surface area (Å²) in [5.41, 5.74) is 3.52. The number of carbonyl (C=O) groups is 2. The first-order valence-electron chi connectivity index (χ1n) is 8.32. The van der Waals surface area contributed by atoms with E-state index in [0.29, 0.717) is 16.7 Å².